The van der Waals surface area contributed by atoms with Crippen molar-refractivity contribution in [2.24, 2.45) is 0 Å². The number of aliphatic hydroxyl groups is 1. The predicted molar refractivity (Wildman–Crippen MR) is 134 cm³/mol. The highest BCUT2D eigenvalue weighted by molar-refractivity contribution is 6.31. The van der Waals surface area contributed by atoms with E-state index < -0.39 is 6.10 Å². The molecular formula is C26H30ClN3O5. The van der Waals surface area contributed by atoms with Crippen LogP contribution in [0.2, 0.25) is 5.02 Å². The number of carbonyl (C=O) groups excluding carboxylic acids is 2. The molecule has 2 heterocycles. The molecule has 1 aliphatic rings. The summed E-state index contributed by atoms with van der Waals surface area (Å²) in [7, 11) is 0. The van der Waals surface area contributed by atoms with Crippen LogP contribution in [0.25, 0.3) is 10.9 Å². The molecular weight excluding hydrogens is 470 g/mol. The third kappa shape index (κ3) is 5.55. The fraction of sp³-hybridized carbons (Fsp3) is 0.385. The van der Waals surface area contributed by atoms with E-state index in [0.29, 0.717) is 36.8 Å². The Morgan fingerprint density at radius 3 is 2.71 bits per heavy atom. The van der Waals surface area contributed by atoms with E-state index in [2.05, 4.69) is 10.3 Å². The van der Waals surface area contributed by atoms with Crippen LogP contribution in [-0.4, -0.2) is 59.4 Å². The first kappa shape index (κ1) is 24.9. The highest BCUT2D eigenvalue weighted by Gasteiger charge is 2.35. The molecule has 2 atom stereocenters. The van der Waals surface area contributed by atoms with Crippen LogP contribution >= 0.6 is 11.6 Å². The van der Waals surface area contributed by atoms with Crippen LogP contribution in [0.5, 0.6) is 5.75 Å². The van der Waals surface area contributed by atoms with Crippen molar-refractivity contribution in [3.05, 3.63) is 64.3 Å². The highest BCUT2D eigenvalue weighted by atomic mass is 35.5. The number of rotatable bonds is 8. The number of halogens is 1. The topological polar surface area (TPSA) is 104 Å². The van der Waals surface area contributed by atoms with Crippen molar-refractivity contribution in [3.63, 3.8) is 0 Å². The second kappa shape index (κ2) is 11.0. The molecule has 3 aromatic rings. The first-order valence-electron chi connectivity index (χ1n) is 11.8. The molecule has 2 unspecified atom stereocenters. The molecule has 4 rings (SSSR count). The van der Waals surface area contributed by atoms with Gasteiger partial charge >= 0.3 is 6.09 Å². The summed E-state index contributed by atoms with van der Waals surface area (Å²) in [6.45, 7) is 4.54. The summed E-state index contributed by atoms with van der Waals surface area (Å²) in [5.41, 5.74) is 3.96. The minimum Gasteiger partial charge on any atom is -0.491 e. The van der Waals surface area contributed by atoms with Crippen LogP contribution in [0.3, 0.4) is 0 Å². The summed E-state index contributed by atoms with van der Waals surface area (Å²) in [6.07, 6.45) is -0.121. The van der Waals surface area contributed by atoms with Gasteiger partial charge in [0.15, 0.2) is 0 Å². The number of aromatic nitrogens is 1. The van der Waals surface area contributed by atoms with Crippen molar-refractivity contribution >= 4 is 34.5 Å². The van der Waals surface area contributed by atoms with Gasteiger partial charge in [0, 0.05) is 41.1 Å². The maximum Gasteiger partial charge on any atom is 0.410 e. The Bertz CT molecular complexity index is 1190. The molecule has 0 bridgehead atoms. The molecule has 2 aromatic carbocycles. The number of amides is 2. The van der Waals surface area contributed by atoms with Gasteiger partial charge in [0.1, 0.15) is 24.5 Å². The van der Waals surface area contributed by atoms with Gasteiger partial charge in [-0.1, -0.05) is 30.7 Å². The van der Waals surface area contributed by atoms with Gasteiger partial charge in [-0.05, 0) is 54.8 Å². The molecule has 1 aliphatic heterocycles. The lowest BCUT2D eigenvalue weighted by atomic mass is 9.92. The van der Waals surface area contributed by atoms with E-state index in [1.807, 2.05) is 42.5 Å². The lowest BCUT2D eigenvalue weighted by Crippen LogP contribution is -2.41. The van der Waals surface area contributed by atoms with Crippen LogP contribution in [0.1, 0.15) is 43.1 Å². The number of carbonyl (C=O) groups is 2. The van der Waals surface area contributed by atoms with E-state index in [9.17, 15) is 14.7 Å². The molecule has 186 valence electrons. The zero-order chi connectivity index (χ0) is 24.9. The van der Waals surface area contributed by atoms with Crippen molar-refractivity contribution < 1.29 is 24.2 Å². The summed E-state index contributed by atoms with van der Waals surface area (Å²) >= 11 is 6.25. The number of nitrogens with one attached hydrogen (secondary N) is 2. The number of H-pyrrole nitrogens is 1. The molecule has 35 heavy (non-hydrogen) atoms. The average Bonchev–Trinajstić information content (AvgIpc) is 3.23. The number of aliphatic hydroxyl groups excluding tert-OH is 1. The summed E-state index contributed by atoms with van der Waals surface area (Å²) in [5, 5.41) is 14.4. The van der Waals surface area contributed by atoms with Crippen molar-refractivity contribution in [3.8, 4) is 5.75 Å². The average molecular weight is 500 g/mol. The van der Waals surface area contributed by atoms with Gasteiger partial charge in [-0.15, -0.1) is 0 Å². The summed E-state index contributed by atoms with van der Waals surface area (Å²) in [4.78, 5) is 29.4. The third-order valence-corrected chi connectivity index (χ3v) is 6.32. The summed E-state index contributed by atoms with van der Waals surface area (Å²) in [6, 6.07) is 12.8. The number of fused-ring (bicyclic) bond motifs is 3. The standard InChI is InChI=1S/C26H30ClN3O5/c1-3-23(32)28-14-18(31)15-35-19-8-5-16(6-9-19)25-24-20(11-12-30(25)26(33)34-4-2)21-13-17(27)7-10-22(21)29-24/h5-10,13,18,25,29,31H,3-4,11-12,14-15H2,1-2H3,(H,28,32). The molecule has 0 spiro atoms. The molecule has 8 nitrogen and oxygen atoms in total. The van der Waals surface area contributed by atoms with E-state index in [1.165, 1.54) is 0 Å². The Morgan fingerprint density at radius 2 is 2.00 bits per heavy atom. The van der Waals surface area contributed by atoms with Crippen molar-refractivity contribution in [2.45, 2.75) is 38.8 Å². The summed E-state index contributed by atoms with van der Waals surface area (Å²) in [5.74, 6) is 0.461. The maximum absolute atomic E-state index is 12.8. The third-order valence-electron chi connectivity index (χ3n) is 6.09. The molecule has 9 heteroatoms. The number of ether oxygens (including phenoxy) is 2. The van der Waals surface area contributed by atoms with Gasteiger partial charge in [0.2, 0.25) is 5.91 Å². The van der Waals surface area contributed by atoms with E-state index >= 15 is 0 Å². The Kier molecular flexibility index (Phi) is 7.83. The quantitative estimate of drug-likeness (QED) is 0.431. The predicted octanol–water partition coefficient (Wildman–Crippen LogP) is 4.19. The molecule has 0 saturated heterocycles. The Labute approximate surface area is 209 Å². The van der Waals surface area contributed by atoms with Crippen LogP contribution in [-0.2, 0) is 16.0 Å². The van der Waals surface area contributed by atoms with Crippen molar-refractivity contribution in [1.29, 1.82) is 0 Å². The van der Waals surface area contributed by atoms with Gasteiger partial charge in [-0.3, -0.25) is 9.69 Å². The van der Waals surface area contributed by atoms with Gasteiger partial charge < -0.3 is 24.9 Å². The monoisotopic (exact) mass is 499 g/mol. The maximum atomic E-state index is 12.8. The molecule has 0 fully saturated rings. The molecule has 0 radical (unpaired) electrons. The zero-order valence-electron chi connectivity index (χ0n) is 19.8. The van der Waals surface area contributed by atoms with E-state index in [4.69, 9.17) is 21.1 Å². The Morgan fingerprint density at radius 1 is 1.23 bits per heavy atom. The Balaban J connectivity index is 1.57. The zero-order valence-corrected chi connectivity index (χ0v) is 20.6. The fourth-order valence-electron chi connectivity index (χ4n) is 4.36. The molecule has 0 saturated carbocycles. The fourth-order valence-corrected chi connectivity index (χ4v) is 4.54. The second-order valence-electron chi connectivity index (χ2n) is 8.44. The molecule has 2 amide bonds. The van der Waals surface area contributed by atoms with E-state index in [-0.39, 0.29) is 31.2 Å². The number of nitrogens with zero attached hydrogens (tertiary/aromatic N) is 1. The van der Waals surface area contributed by atoms with Gasteiger partial charge in [-0.25, -0.2) is 4.79 Å². The smallest absolute Gasteiger partial charge is 0.410 e. The molecule has 0 aliphatic carbocycles. The SMILES string of the molecule is CCOC(=O)N1CCc2c([nH]c3ccc(Cl)cc23)C1c1ccc(OCC(O)CNC(=O)CC)cc1. The van der Waals surface area contributed by atoms with E-state index in [1.54, 1.807) is 18.7 Å². The number of hydrogen-bond donors (Lipinski definition) is 3. The number of benzene rings is 2. The first-order valence-corrected chi connectivity index (χ1v) is 12.2. The molecule has 3 N–H and O–H groups in total. The summed E-state index contributed by atoms with van der Waals surface area (Å²) < 4.78 is 11.0. The van der Waals surface area contributed by atoms with Gasteiger partial charge in [0.25, 0.3) is 0 Å². The number of aromatic amines is 1. The minimum atomic E-state index is -0.816. The van der Waals surface area contributed by atoms with Crippen LogP contribution < -0.4 is 10.1 Å². The van der Waals surface area contributed by atoms with Gasteiger partial charge in [-0.2, -0.15) is 0 Å². The van der Waals surface area contributed by atoms with Crippen LogP contribution in [0, 0.1) is 0 Å². The highest BCUT2D eigenvalue weighted by Crippen LogP contribution is 2.39. The Hall–Kier alpha value is -3.23. The van der Waals surface area contributed by atoms with Crippen molar-refractivity contribution in [2.75, 3.05) is 26.3 Å². The lowest BCUT2D eigenvalue weighted by molar-refractivity contribution is -0.121. The van der Waals surface area contributed by atoms with Crippen LogP contribution in [0.15, 0.2) is 42.5 Å². The number of hydrogen-bond acceptors (Lipinski definition) is 5. The normalized spacial score (nSPS) is 16.0. The minimum absolute atomic E-state index is 0.0502. The van der Waals surface area contributed by atoms with Crippen molar-refractivity contribution in [1.82, 2.24) is 15.2 Å². The van der Waals surface area contributed by atoms with E-state index in [0.717, 1.165) is 27.7 Å². The second-order valence-corrected chi connectivity index (χ2v) is 8.88. The largest absolute Gasteiger partial charge is 0.491 e. The molecule has 1 aromatic heterocycles. The van der Waals surface area contributed by atoms with Gasteiger partial charge in [0.05, 0.1) is 6.61 Å². The lowest BCUT2D eigenvalue weighted by Gasteiger charge is -2.35. The first-order chi connectivity index (χ1) is 16.9. The van der Waals surface area contributed by atoms with Crippen LogP contribution in [0.4, 0.5) is 4.79 Å².